The van der Waals surface area contributed by atoms with Gasteiger partial charge >= 0.3 is 0 Å². The van der Waals surface area contributed by atoms with Crippen LogP contribution >= 0.6 is 0 Å². The molecule has 0 aromatic heterocycles. The molecule has 1 aromatic rings. The Morgan fingerprint density at radius 1 is 0.862 bits per heavy atom. The molecule has 0 radical (unpaired) electrons. The van der Waals surface area contributed by atoms with Gasteiger partial charge in [-0.05, 0) is 86.8 Å². The monoisotopic (exact) mass is 395 g/mol. The quantitative estimate of drug-likeness (QED) is 0.670. The highest BCUT2D eigenvalue weighted by molar-refractivity contribution is 5.95. The molecule has 3 amide bonds. The van der Waals surface area contributed by atoms with E-state index in [-0.39, 0.29) is 29.1 Å². The van der Waals surface area contributed by atoms with Crippen LogP contribution in [0.25, 0.3) is 0 Å². The zero-order valence-corrected chi connectivity index (χ0v) is 16.7. The van der Waals surface area contributed by atoms with Crippen LogP contribution < -0.4 is 16.2 Å². The first-order chi connectivity index (χ1) is 14.0. The first-order valence-corrected chi connectivity index (χ1v) is 11.0. The third kappa shape index (κ3) is 3.77. The second-order valence-electron chi connectivity index (χ2n) is 9.80. The smallest absolute Gasteiger partial charge is 0.269 e. The van der Waals surface area contributed by atoms with E-state index >= 15 is 0 Å². The number of benzene rings is 1. The summed E-state index contributed by atoms with van der Waals surface area (Å²) in [5.74, 6) is 2.09. The zero-order valence-electron chi connectivity index (χ0n) is 16.7. The summed E-state index contributed by atoms with van der Waals surface area (Å²) < 4.78 is 0. The van der Waals surface area contributed by atoms with Gasteiger partial charge in [-0.2, -0.15) is 0 Å². The molecule has 6 rings (SSSR count). The molecule has 6 heteroatoms. The minimum atomic E-state index is -0.330. The molecule has 0 atom stereocenters. The second-order valence-corrected chi connectivity index (χ2v) is 9.80. The van der Waals surface area contributed by atoms with Gasteiger partial charge in [-0.25, -0.2) is 0 Å². The average Bonchev–Trinajstić information content (AvgIpc) is 3.55. The number of hydrogen-bond donors (Lipinski definition) is 3. The topological polar surface area (TPSA) is 87.3 Å². The minimum Gasteiger partial charge on any atom is -0.352 e. The van der Waals surface area contributed by atoms with Crippen LogP contribution in [0.15, 0.2) is 24.3 Å². The summed E-state index contributed by atoms with van der Waals surface area (Å²) >= 11 is 0. The molecule has 1 aromatic carbocycles. The highest BCUT2D eigenvalue weighted by atomic mass is 16.2. The van der Waals surface area contributed by atoms with Gasteiger partial charge in [0, 0.05) is 23.4 Å². The molecule has 0 spiro atoms. The highest BCUT2D eigenvalue weighted by Crippen LogP contribution is 2.60. The summed E-state index contributed by atoms with van der Waals surface area (Å²) in [7, 11) is 0. The fourth-order valence-electron chi connectivity index (χ4n) is 6.17. The van der Waals surface area contributed by atoms with Crippen molar-refractivity contribution >= 4 is 17.7 Å². The number of rotatable bonds is 5. The SMILES string of the molecule is O=C(NNC(=O)C1CC1)c1ccc(CNC(=O)C23CC4CC(CC(C4)C2)C3)cc1. The number of carbonyl (C=O) groups is 3. The van der Waals surface area contributed by atoms with Crippen molar-refractivity contribution in [2.45, 2.75) is 57.9 Å². The van der Waals surface area contributed by atoms with Crippen LogP contribution in [0.4, 0.5) is 0 Å². The Morgan fingerprint density at radius 2 is 1.45 bits per heavy atom. The first kappa shape index (κ1) is 18.6. The zero-order chi connectivity index (χ0) is 20.0. The first-order valence-electron chi connectivity index (χ1n) is 11.0. The number of amides is 3. The molecule has 0 aliphatic heterocycles. The maximum absolute atomic E-state index is 13.0. The maximum atomic E-state index is 13.0. The predicted octanol–water partition coefficient (Wildman–Crippen LogP) is 2.69. The molecule has 4 bridgehead atoms. The van der Waals surface area contributed by atoms with Crippen molar-refractivity contribution in [3.63, 3.8) is 0 Å². The van der Waals surface area contributed by atoms with Gasteiger partial charge < -0.3 is 5.32 Å². The summed E-state index contributed by atoms with van der Waals surface area (Å²) in [6.07, 6.45) is 8.98. The predicted molar refractivity (Wildman–Crippen MR) is 107 cm³/mol. The normalized spacial score (nSPS) is 31.9. The molecule has 154 valence electrons. The van der Waals surface area contributed by atoms with Crippen molar-refractivity contribution in [2.24, 2.45) is 29.1 Å². The van der Waals surface area contributed by atoms with E-state index in [1.165, 1.54) is 19.3 Å². The standard InChI is InChI=1S/C23H29N3O3/c27-20(25-26-21(28)19-5-6-19)18-3-1-14(2-4-18)13-24-22(29)23-10-15-7-16(11-23)9-17(8-15)12-23/h1-4,15-17,19H,5-13H2,(H,24,29)(H,25,27)(H,26,28). The lowest BCUT2D eigenvalue weighted by molar-refractivity contribution is -0.146. The molecule has 5 fully saturated rings. The fourth-order valence-corrected chi connectivity index (χ4v) is 6.17. The van der Waals surface area contributed by atoms with Gasteiger partial charge in [0.25, 0.3) is 5.91 Å². The lowest BCUT2D eigenvalue weighted by Crippen LogP contribution is -2.53. The molecular weight excluding hydrogens is 366 g/mol. The minimum absolute atomic E-state index is 0.0512. The molecule has 5 saturated carbocycles. The largest absolute Gasteiger partial charge is 0.352 e. The van der Waals surface area contributed by atoms with Gasteiger partial charge in [-0.1, -0.05) is 12.1 Å². The Kier molecular flexibility index (Phi) is 4.60. The number of hydrogen-bond acceptors (Lipinski definition) is 3. The van der Waals surface area contributed by atoms with Crippen molar-refractivity contribution in [3.8, 4) is 0 Å². The molecule has 0 saturated heterocycles. The van der Waals surface area contributed by atoms with E-state index in [4.69, 9.17) is 0 Å². The van der Waals surface area contributed by atoms with Crippen molar-refractivity contribution in [2.75, 3.05) is 0 Å². The fraction of sp³-hybridized carbons (Fsp3) is 0.609. The van der Waals surface area contributed by atoms with Gasteiger partial charge in [0.15, 0.2) is 0 Å². The molecular formula is C23H29N3O3. The summed E-state index contributed by atoms with van der Waals surface area (Å²) in [6, 6.07) is 7.17. The number of hydrazine groups is 1. The molecule has 3 N–H and O–H groups in total. The van der Waals surface area contributed by atoms with Crippen LogP contribution in [0.5, 0.6) is 0 Å². The van der Waals surface area contributed by atoms with Crippen molar-refractivity contribution in [1.82, 2.24) is 16.2 Å². The van der Waals surface area contributed by atoms with Crippen LogP contribution in [0, 0.1) is 29.1 Å². The highest BCUT2D eigenvalue weighted by Gasteiger charge is 2.54. The van der Waals surface area contributed by atoms with E-state index in [2.05, 4.69) is 16.2 Å². The van der Waals surface area contributed by atoms with Crippen LogP contribution in [-0.4, -0.2) is 17.7 Å². The lowest BCUT2D eigenvalue weighted by Gasteiger charge is -2.55. The van der Waals surface area contributed by atoms with Crippen molar-refractivity contribution in [1.29, 1.82) is 0 Å². The summed E-state index contributed by atoms with van der Waals surface area (Å²) in [4.78, 5) is 36.8. The van der Waals surface area contributed by atoms with Crippen LogP contribution in [0.2, 0.25) is 0 Å². The Morgan fingerprint density at radius 3 is 2.00 bits per heavy atom. The molecule has 6 nitrogen and oxygen atoms in total. The van der Waals surface area contributed by atoms with E-state index in [1.807, 2.05) is 12.1 Å². The van der Waals surface area contributed by atoms with Gasteiger partial charge in [-0.3, -0.25) is 25.2 Å². The van der Waals surface area contributed by atoms with E-state index in [1.54, 1.807) is 12.1 Å². The number of nitrogens with one attached hydrogen (secondary N) is 3. The Labute approximate surface area is 171 Å². The third-order valence-corrected chi connectivity index (χ3v) is 7.44. The second kappa shape index (κ2) is 7.15. The third-order valence-electron chi connectivity index (χ3n) is 7.44. The average molecular weight is 396 g/mol. The summed E-state index contributed by atoms with van der Waals surface area (Å²) in [5.41, 5.74) is 6.25. The van der Waals surface area contributed by atoms with E-state index in [9.17, 15) is 14.4 Å². The molecule has 29 heavy (non-hydrogen) atoms. The van der Waals surface area contributed by atoms with Gasteiger partial charge in [0.05, 0.1) is 0 Å². The van der Waals surface area contributed by atoms with Gasteiger partial charge in [0.2, 0.25) is 11.8 Å². The molecule has 5 aliphatic carbocycles. The van der Waals surface area contributed by atoms with E-state index in [0.29, 0.717) is 12.1 Å². The van der Waals surface area contributed by atoms with Crippen LogP contribution in [-0.2, 0) is 16.1 Å². The van der Waals surface area contributed by atoms with Gasteiger partial charge in [-0.15, -0.1) is 0 Å². The van der Waals surface area contributed by atoms with Gasteiger partial charge in [0.1, 0.15) is 0 Å². The van der Waals surface area contributed by atoms with Crippen LogP contribution in [0.1, 0.15) is 67.3 Å². The van der Waals surface area contributed by atoms with Crippen molar-refractivity contribution < 1.29 is 14.4 Å². The lowest BCUT2D eigenvalue weighted by atomic mass is 9.49. The summed E-state index contributed by atoms with van der Waals surface area (Å²) in [5, 5.41) is 3.17. The maximum Gasteiger partial charge on any atom is 0.269 e. The van der Waals surface area contributed by atoms with Crippen LogP contribution in [0.3, 0.4) is 0 Å². The Hall–Kier alpha value is -2.37. The summed E-state index contributed by atoms with van der Waals surface area (Å²) in [6.45, 7) is 0.487. The molecule has 0 heterocycles. The molecule has 0 unspecified atom stereocenters. The van der Waals surface area contributed by atoms with Crippen molar-refractivity contribution in [3.05, 3.63) is 35.4 Å². The Bertz CT molecular complexity index is 793. The number of carbonyl (C=O) groups excluding carboxylic acids is 3. The Balaban J connectivity index is 1.14. The van der Waals surface area contributed by atoms with E-state index in [0.717, 1.165) is 55.4 Å². The van der Waals surface area contributed by atoms with E-state index < -0.39 is 0 Å². The molecule has 5 aliphatic rings.